The highest BCUT2D eigenvalue weighted by atomic mass is 79.9. The molecule has 0 saturated carbocycles. The number of hydrogen-bond acceptors (Lipinski definition) is 2. The first-order valence-electron chi connectivity index (χ1n) is 7.33. The first-order chi connectivity index (χ1) is 9.88. The maximum absolute atomic E-state index is 12.7. The molecule has 0 radical (unpaired) electrons. The molecule has 1 fully saturated rings. The Morgan fingerprint density at radius 3 is 2.52 bits per heavy atom. The van der Waals surface area contributed by atoms with Gasteiger partial charge in [-0.2, -0.15) is 0 Å². The summed E-state index contributed by atoms with van der Waals surface area (Å²) >= 11 is 3.44. The summed E-state index contributed by atoms with van der Waals surface area (Å²) in [7, 11) is 0. The lowest BCUT2D eigenvalue weighted by Crippen LogP contribution is -2.40. The van der Waals surface area contributed by atoms with E-state index in [4.69, 9.17) is 5.73 Å². The Kier molecular flexibility index (Phi) is 5.08. The summed E-state index contributed by atoms with van der Waals surface area (Å²) in [6.07, 6.45) is 4.06. The predicted octanol–water partition coefficient (Wildman–Crippen LogP) is 2.56. The number of amides is 2. The van der Waals surface area contributed by atoms with E-state index in [1.54, 1.807) is 0 Å². The normalized spacial score (nSPS) is 16.5. The third-order valence-electron chi connectivity index (χ3n) is 3.98. The number of primary amides is 1. The zero-order valence-corrected chi connectivity index (χ0v) is 14.1. The smallest absolute Gasteiger partial charge is 0.270 e. The number of piperidine rings is 1. The summed E-state index contributed by atoms with van der Waals surface area (Å²) in [6.45, 7) is 5.50. The second-order valence-corrected chi connectivity index (χ2v) is 6.87. The Morgan fingerprint density at radius 2 is 2.00 bits per heavy atom. The average molecular weight is 356 g/mol. The van der Waals surface area contributed by atoms with Gasteiger partial charge in [0.05, 0.1) is 0 Å². The van der Waals surface area contributed by atoms with Crippen LogP contribution >= 0.6 is 15.9 Å². The lowest BCUT2D eigenvalue weighted by Gasteiger charge is -2.32. The quantitative estimate of drug-likeness (QED) is 0.901. The van der Waals surface area contributed by atoms with Crippen molar-refractivity contribution >= 4 is 27.7 Å². The molecule has 1 aromatic rings. The van der Waals surface area contributed by atoms with Gasteiger partial charge >= 0.3 is 0 Å². The minimum absolute atomic E-state index is 0.0620. The van der Waals surface area contributed by atoms with Crippen molar-refractivity contribution in [3.8, 4) is 0 Å². The second kappa shape index (κ2) is 6.64. The lowest BCUT2D eigenvalue weighted by molar-refractivity contribution is -0.119. The molecule has 1 aliphatic heterocycles. The molecule has 2 heterocycles. The summed E-state index contributed by atoms with van der Waals surface area (Å²) in [6, 6.07) is 2.11. The number of nitrogens with two attached hydrogens (primary N) is 1. The van der Waals surface area contributed by atoms with Crippen LogP contribution < -0.4 is 5.73 Å². The van der Waals surface area contributed by atoms with E-state index in [2.05, 4.69) is 29.8 Å². The molecule has 6 heteroatoms. The van der Waals surface area contributed by atoms with E-state index >= 15 is 0 Å². The number of halogens is 1. The Hall–Kier alpha value is -1.30. The van der Waals surface area contributed by atoms with Crippen molar-refractivity contribution in [1.29, 1.82) is 0 Å². The highest BCUT2D eigenvalue weighted by molar-refractivity contribution is 9.10. The molecule has 0 spiro atoms. The van der Waals surface area contributed by atoms with Gasteiger partial charge in [0, 0.05) is 36.2 Å². The van der Waals surface area contributed by atoms with Crippen LogP contribution in [0.3, 0.4) is 0 Å². The van der Waals surface area contributed by atoms with Gasteiger partial charge in [-0.3, -0.25) is 9.59 Å². The van der Waals surface area contributed by atoms with Crippen molar-refractivity contribution in [2.75, 3.05) is 13.1 Å². The number of carbonyl (C=O) groups excluding carboxylic acids is 2. The van der Waals surface area contributed by atoms with Gasteiger partial charge in [-0.05, 0) is 54.6 Å². The molecular weight excluding hydrogens is 334 g/mol. The first kappa shape index (κ1) is 16.1. The molecule has 2 rings (SSSR count). The van der Waals surface area contributed by atoms with Gasteiger partial charge in [-0.15, -0.1) is 0 Å². The number of aromatic nitrogens is 1. The minimum Gasteiger partial charge on any atom is -0.370 e. The van der Waals surface area contributed by atoms with Crippen LogP contribution in [0.25, 0.3) is 0 Å². The summed E-state index contributed by atoms with van der Waals surface area (Å²) in [4.78, 5) is 25.5. The van der Waals surface area contributed by atoms with Crippen molar-refractivity contribution in [2.45, 2.75) is 39.2 Å². The molecule has 0 unspecified atom stereocenters. The van der Waals surface area contributed by atoms with Crippen LogP contribution in [0, 0.1) is 5.92 Å². The van der Waals surface area contributed by atoms with Crippen molar-refractivity contribution in [3.05, 3.63) is 22.4 Å². The number of nitrogens with zero attached hydrogens (tertiary/aromatic N) is 2. The van der Waals surface area contributed by atoms with E-state index in [1.807, 2.05) is 21.7 Å². The van der Waals surface area contributed by atoms with Gasteiger partial charge in [0.1, 0.15) is 5.69 Å². The third kappa shape index (κ3) is 3.87. The van der Waals surface area contributed by atoms with Crippen molar-refractivity contribution in [2.24, 2.45) is 11.7 Å². The number of likely N-dealkylation sites (tertiary alicyclic amines) is 1. The fourth-order valence-corrected chi connectivity index (χ4v) is 3.27. The highest BCUT2D eigenvalue weighted by Crippen LogP contribution is 2.24. The van der Waals surface area contributed by atoms with Crippen molar-refractivity contribution in [1.82, 2.24) is 9.47 Å². The SMILES string of the molecule is CC(C)n1cc(Br)cc1C(=O)N1CCC(CC(N)=O)CC1. The van der Waals surface area contributed by atoms with E-state index in [1.165, 1.54) is 0 Å². The number of hydrogen-bond donors (Lipinski definition) is 1. The summed E-state index contributed by atoms with van der Waals surface area (Å²) < 4.78 is 2.91. The van der Waals surface area contributed by atoms with Gasteiger partial charge in [0.2, 0.25) is 5.91 Å². The maximum atomic E-state index is 12.7. The predicted molar refractivity (Wildman–Crippen MR) is 85.0 cm³/mol. The maximum Gasteiger partial charge on any atom is 0.270 e. The molecule has 5 nitrogen and oxygen atoms in total. The molecule has 116 valence electrons. The minimum atomic E-state index is -0.252. The van der Waals surface area contributed by atoms with Gasteiger partial charge in [0.15, 0.2) is 0 Å². The van der Waals surface area contributed by atoms with Crippen LogP contribution in [-0.4, -0.2) is 34.4 Å². The number of rotatable bonds is 4. The summed E-state index contributed by atoms with van der Waals surface area (Å²) in [5.41, 5.74) is 5.95. The Morgan fingerprint density at radius 1 is 1.38 bits per heavy atom. The fraction of sp³-hybridized carbons (Fsp3) is 0.600. The van der Waals surface area contributed by atoms with Crippen LogP contribution in [-0.2, 0) is 4.79 Å². The molecule has 2 amide bonds. The molecule has 0 atom stereocenters. The lowest BCUT2D eigenvalue weighted by atomic mass is 9.93. The Labute approximate surface area is 133 Å². The van der Waals surface area contributed by atoms with E-state index in [9.17, 15) is 9.59 Å². The van der Waals surface area contributed by atoms with Gasteiger partial charge in [-0.1, -0.05) is 0 Å². The monoisotopic (exact) mass is 355 g/mol. The van der Waals surface area contributed by atoms with Crippen molar-refractivity contribution < 1.29 is 9.59 Å². The molecular formula is C15H22BrN3O2. The third-order valence-corrected chi connectivity index (χ3v) is 4.42. The summed E-state index contributed by atoms with van der Waals surface area (Å²) in [5.74, 6) is 0.125. The molecule has 1 aliphatic rings. The molecule has 21 heavy (non-hydrogen) atoms. The second-order valence-electron chi connectivity index (χ2n) is 5.95. The number of carbonyl (C=O) groups is 2. The van der Waals surface area contributed by atoms with Crippen LogP contribution in [0.1, 0.15) is 49.6 Å². The van der Waals surface area contributed by atoms with Crippen LogP contribution in [0.4, 0.5) is 0 Å². The highest BCUT2D eigenvalue weighted by Gasteiger charge is 2.26. The zero-order chi connectivity index (χ0) is 15.6. The van der Waals surface area contributed by atoms with E-state index in [-0.39, 0.29) is 17.9 Å². The Balaban J connectivity index is 2.04. The van der Waals surface area contributed by atoms with Crippen LogP contribution in [0.2, 0.25) is 0 Å². The van der Waals surface area contributed by atoms with Gasteiger partial charge < -0.3 is 15.2 Å². The topological polar surface area (TPSA) is 68.3 Å². The molecule has 0 aromatic carbocycles. The molecule has 0 bridgehead atoms. The standard InChI is InChI=1S/C15H22BrN3O2/c1-10(2)19-9-12(16)8-13(19)15(21)18-5-3-11(4-6-18)7-14(17)20/h8-11H,3-7H2,1-2H3,(H2,17,20). The van der Waals surface area contributed by atoms with E-state index in [0.29, 0.717) is 31.1 Å². The summed E-state index contributed by atoms with van der Waals surface area (Å²) in [5, 5.41) is 0. The Bertz CT molecular complexity index is 531. The largest absolute Gasteiger partial charge is 0.370 e. The van der Waals surface area contributed by atoms with Gasteiger partial charge in [0.25, 0.3) is 5.91 Å². The van der Waals surface area contributed by atoms with E-state index < -0.39 is 0 Å². The zero-order valence-electron chi connectivity index (χ0n) is 12.5. The average Bonchev–Trinajstić information content (AvgIpc) is 2.80. The van der Waals surface area contributed by atoms with Crippen LogP contribution in [0.5, 0.6) is 0 Å². The molecule has 2 N–H and O–H groups in total. The first-order valence-corrected chi connectivity index (χ1v) is 8.12. The van der Waals surface area contributed by atoms with Crippen molar-refractivity contribution in [3.63, 3.8) is 0 Å². The molecule has 1 aromatic heterocycles. The molecule has 1 saturated heterocycles. The van der Waals surface area contributed by atoms with Gasteiger partial charge in [-0.25, -0.2) is 0 Å². The van der Waals surface area contributed by atoms with E-state index in [0.717, 1.165) is 17.3 Å². The van der Waals surface area contributed by atoms with Crippen LogP contribution in [0.15, 0.2) is 16.7 Å². The fourth-order valence-electron chi connectivity index (χ4n) is 2.83. The molecule has 0 aliphatic carbocycles.